The SMILES string of the molecule is CC(C)[C@H]1CN(Cc2cncc(-c3ccc(F)c(C(F)F)c3)c2)C(=O)O1. The van der Waals surface area contributed by atoms with Crippen LogP contribution < -0.4 is 0 Å². The minimum Gasteiger partial charge on any atom is -0.444 e. The number of pyridine rings is 1. The minimum atomic E-state index is -2.89. The molecule has 0 saturated carbocycles. The van der Waals surface area contributed by atoms with E-state index < -0.39 is 17.8 Å². The second-order valence-electron chi connectivity index (χ2n) is 6.67. The van der Waals surface area contributed by atoms with E-state index in [1.54, 1.807) is 17.2 Å². The Morgan fingerprint density at radius 1 is 1.23 bits per heavy atom. The van der Waals surface area contributed by atoms with Gasteiger partial charge < -0.3 is 9.64 Å². The number of carbonyl (C=O) groups is 1. The number of aromatic nitrogens is 1. The topological polar surface area (TPSA) is 42.4 Å². The van der Waals surface area contributed by atoms with Crippen molar-refractivity contribution in [1.29, 1.82) is 0 Å². The highest BCUT2D eigenvalue weighted by molar-refractivity contribution is 5.70. The molecule has 1 saturated heterocycles. The summed E-state index contributed by atoms with van der Waals surface area (Å²) in [5.41, 5.74) is 1.13. The van der Waals surface area contributed by atoms with E-state index in [-0.39, 0.29) is 18.1 Å². The van der Waals surface area contributed by atoms with E-state index in [9.17, 15) is 18.0 Å². The van der Waals surface area contributed by atoms with E-state index in [0.717, 1.165) is 17.7 Å². The van der Waals surface area contributed by atoms with Gasteiger partial charge in [-0.25, -0.2) is 18.0 Å². The first-order valence-corrected chi connectivity index (χ1v) is 8.32. The van der Waals surface area contributed by atoms with Crippen molar-refractivity contribution in [2.24, 2.45) is 5.92 Å². The van der Waals surface area contributed by atoms with Crippen molar-refractivity contribution >= 4 is 6.09 Å². The molecular formula is C19H19F3N2O2. The Balaban J connectivity index is 1.81. The number of amides is 1. The number of hydrogen-bond acceptors (Lipinski definition) is 3. The number of cyclic esters (lactones) is 1. The standard InChI is InChI=1S/C19H19F3N2O2/c1-11(2)17-10-24(19(25)26-17)9-12-5-14(8-23-7-12)13-3-4-16(20)15(6-13)18(21)22/h3-8,11,17-18H,9-10H2,1-2H3/t17-/m1/s1. The van der Waals surface area contributed by atoms with Gasteiger partial charge in [0.15, 0.2) is 0 Å². The average Bonchev–Trinajstić information content (AvgIpc) is 2.96. The summed E-state index contributed by atoms with van der Waals surface area (Å²) < 4.78 is 44.6. The number of carbonyl (C=O) groups excluding carboxylic acids is 1. The molecule has 2 heterocycles. The average molecular weight is 364 g/mol. The van der Waals surface area contributed by atoms with Gasteiger partial charge in [-0.15, -0.1) is 0 Å². The van der Waals surface area contributed by atoms with Gasteiger partial charge >= 0.3 is 6.09 Å². The van der Waals surface area contributed by atoms with E-state index >= 15 is 0 Å². The quantitative estimate of drug-likeness (QED) is 0.765. The number of halogens is 3. The smallest absolute Gasteiger partial charge is 0.410 e. The van der Waals surface area contributed by atoms with Crippen molar-refractivity contribution in [3.8, 4) is 11.1 Å². The molecule has 26 heavy (non-hydrogen) atoms. The molecule has 0 aliphatic carbocycles. The van der Waals surface area contributed by atoms with Crippen LogP contribution in [0.3, 0.4) is 0 Å². The molecule has 1 aromatic carbocycles. The fourth-order valence-corrected chi connectivity index (χ4v) is 2.85. The summed E-state index contributed by atoms with van der Waals surface area (Å²) in [6.07, 6.45) is -0.291. The van der Waals surface area contributed by atoms with Gasteiger partial charge in [-0.2, -0.15) is 0 Å². The Morgan fingerprint density at radius 2 is 2.00 bits per heavy atom. The van der Waals surface area contributed by atoms with Crippen LogP contribution in [0.1, 0.15) is 31.4 Å². The van der Waals surface area contributed by atoms with Gasteiger partial charge in [0.2, 0.25) is 0 Å². The van der Waals surface area contributed by atoms with Crippen LogP contribution in [0.4, 0.5) is 18.0 Å². The molecule has 1 aromatic heterocycles. The normalized spacial score (nSPS) is 17.3. The van der Waals surface area contributed by atoms with Gasteiger partial charge in [-0.05, 0) is 35.2 Å². The van der Waals surface area contributed by atoms with E-state index in [1.165, 1.54) is 12.3 Å². The molecule has 0 radical (unpaired) electrons. The van der Waals surface area contributed by atoms with Crippen LogP contribution in [0, 0.1) is 11.7 Å². The molecule has 2 aromatic rings. The summed E-state index contributed by atoms with van der Waals surface area (Å²) in [5, 5.41) is 0. The minimum absolute atomic E-state index is 0.149. The number of rotatable bonds is 5. The Bertz CT molecular complexity index is 811. The summed E-state index contributed by atoms with van der Waals surface area (Å²) in [6, 6.07) is 5.33. The molecule has 0 unspecified atom stereocenters. The fourth-order valence-electron chi connectivity index (χ4n) is 2.85. The summed E-state index contributed by atoms with van der Waals surface area (Å²) in [7, 11) is 0. The molecule has 1 fully saturated rings. The third-order valence-electron chi connectivity index (χ3n) is 4.39. The van der Waals surface area contributed by atoms with Gasteiger partial charge in [0, 0.05) is 18.0 Å². The molecule has 1 aliphatic heterocycles. The number of hydrogen-bond donors (Lipinski definition) is 0. The maximum atomic E-state index is 13.5. The summed E-state index contributed by atoms with van der Waals surface area (Å²) in [5.74, 6) is -0.715. The number of ether oxygens (including phenoxy) is 1. The lowest BCUT2D eigenvalue weighted by Gasteiger charge is -2.14. The van der Waals surface area contributed by atoms with Crippen molar-refractivity contribution in [1.82, 2.24) is 9.88 Å². The molecule has 4 nitrogen and oxygen atoms in total. The summed E-state index contributed by atoms with van der Waals surface area (Å²) in [4.78, 5) is 17.7. The van der Waals surface area contributed by atoms with Gasteiger partial charge in [0.1, 0.15) is 11.9 Å². The van der Waals surface area contributed by atoms with Gasteiger partial charge in [-0.3, -0.25) is 4.98 Å². The molecule has 1 aliphatic rings. The Hall–Kier alpha value is -2.57. The lowest BCUT2D eigenvalue weighted by atomic mass is 10.0. The van der Waals surface area contributed by atoms with Gasteiger partial charge in [0.05, 0.1) is 18.7 Å². The Labute approximate surface area is 149 Å². The van der Waals surface area contributed by atoms with Crippen LogP contribution >= 0.6 is 0 Å². The molecule has 0 spiro atoms. The highest BCUT2D eigenvalue weighted by atomic mass is 19.3. The molecular weight excluding hydrogens is 345 g/mol. The molecule has 7 heteroatoms. The molecule has 0 bridgehead atoms. The van der Waals surface area contributed by atoms with Crippen molar-refractivity contribution < 1.29 is 22.7 Å². The van der Waals surface area contributed by atoms with Gasteiger partial charge in [-0.1, -0.05) is 19.9 Å². The lowest BCUT2D eigenvalue weighted by Crippen LogP contribution is -2.26. The number of benzene rings is 1. The number of nitrogens with zero attached hydrogens (tertiary/aromatic N) is 2. The highest BCUT2D eigenvalue weighted by Gasteiger charge is 2.33. The first-order valence-electron chi connectivity index (χ1n) is 8.32. The van der Waals surface area contributed by atoms with E-state index in [4.69, 9.17) is 4.74 Å². The number of alkyl halides is 2. The second kappa shape index (κ2) is 7.35. The molecule has 0 N–H and O–H groups in total. The molecule has 3 rings (SSSR count). The van der Waals surface area contributed by atoms with Crippen LogP contribution in [-0.4, -0.2) is 28.6 Å². The third kappa shape index (κ3) is 3.81. The van der Waals surface area contributed by atoms with E-state index in [1.807, 2.05) is 13.8 Å². The molecule has 1 atom stereocenters. The van der Waals surface area contributed by atoms with Crippen LogP contribution in [-0.2, 0) is 11.3 Å². The van der Waals surface area contributed by atoms with Crippen LogP contribution in [0.2, 0.25) is 0 Å². The highest BCUT2D eigenvalue weighted by Crippen LogP contribution is 2.28. The van der Waals surface area contributed by atoms with Crippen LogP contribution in [0.5, 0.6) is 0 Å². The van der Waals surface area contributed by atoms with Crippen molar-refractivity contribution in [3.05, 3.63) is 53.6 Å². The second-order valence-corrected chi connectivity index (χ2v) is 6.67. The monoisotopic (exact) mass is 364 g/mol. The predicted octanol–water partition coefficient (Wildman–Crippen LogP) is 4.80. The predicted molar refractivity (Wildman–Crippen MR) is 90.1 cm³/mol. The van der Waals surface area contributed by atoms with E-state index in [0.29, 0.717) is 24.2 Å². The van der Waals surface area contributed by atoms with Crippen molar-refractivity contribution in [2.45, 2.75) is 32.9 Å². The lowest BCUT2D eigenvalue weighted by molar-refractivity contribution is 0.112. The Kier molecular flexibility index (Phi) is 5.15. The third-order valence-corrected chi connectivity index (χ3v) is 4.39. The molecule has 1 amide bonds. The first-order chi connectivity index (χ1) is 12.3. The van der Waals surface area contributed by atoms with Crippen LogP contribution in [0.15, 0.2) is 36.7 Å². The zero-order valence-corrected chi connectivity index (χ0v) is 14.5. The van der Waals surface area contributed by atoms with Crippen LogP contribution in [0.25, 0.3) is 11.1 Å². The Morgan fingerprint density at radius 3 is 2.65 bits per heavy atom. The van der Waals surface area contributed by atoms with Crippen molar-refractivity contribution in [2.75, 3.05) is 6.54 Å². The zero-order valence-electron chi connectivity index (χ0n) is 14.5. The fraction of sp³-hybridized carbons (Fsp3) is 0.368. The van der Waals surface area contributed by atoms with Crippen molar-refractivity contribution in [3.63, 3.8) is 0 Å². The largest absolute Gasteiger partial charge is 0.444 e. The zero-order chi connectivity index (χ0) is 18.8. The first kappa shape index (κ1) is 18.2. The summed E-state index contributed by atoms with van der Waals surface area (Å²) in [6.45, 7) is 4.77. The van der Waals surface area contributed by atoms with E-state index in [2.05, 4.69) is 4.98 Å². The van der Waals surface area contributed by atoms with Gasteiger partial charge in [0.25, 0.3) is 6.43 Å². The maximum Gasteiger partial charge on any atom is 0.410 e. The summed E-state index contributed by atoms with van der Waals surface area (Å²) >= 11 is 0. The molecule has 138 valence electrons. The maximum absolute atomic E-state index is 13.5.